The maximum atomic E-state index is 13.2. The highest BCUT2D eigenvalue weighted by atomic mass is 16.4. The summed E-state index contributed by atoms with van der Waals surface area (Å²) in [5.74, 6) is -5.90. The average Bonchev–Trinajstić information content (AvgIpc) is 2.88. The summed E-state index contributed by atoms with van der Waals surface area (Å²) in [5, 5.41) is 37.9. The van der Waals surface area contributed by atoms with Crippen molar-refractivity contribution in [3.63, 3.8) is 0 Å². The molecule has 1 rings (SSSR count). The minimum Gasteiger partial charge on any atom is -0.508 e. The van der Waals surface area contributed by atoms with Crippen molar-refractivity contribution >= 4 is 35.5 Å². The monoisotopic (exact) mass is 566 g/mol. The van der Waals surface area contributed by atoms with Gasteiger partial charge in [0, 0.05) is 6.42 Å². The number of carboxylic acid groups (broad SMARTS) is 1. The van der Waals surface area contributed by atoms with Gasteiger partial charge in [0.15, 0.2) is 6.04 Å². The quantitative estimate of drug-likeness (QED) is 0.100. The van der Waals surface area contributed by atoms with Crippen molar-refractivity contribution in [3.05, 3.63) is 29.8 Å². The van der Waals surface area contributed by atoms with Crippen molar-refractivity contribution in [2.45, 2.75) is 82.8 Å². The molecule has 0 heterocycles. The number of carbonyl (C=O) groups is 6. The molecule has 6 atom stereocenters. The van der Waals surface area contributed by atoms with Crippen LogP contribution in [-0.4, -0.2) is 87.1 Å². The predicted molar refractivity (Wildman–Crippen MR) is 141 cm³/mol. The summed E-state index contributed by atoms with van der Waals surface area (Å²) < 4.78 is 0. The molecule has 0 radical (unpaired) electrons. The molecule has 0 spiro atoms. The third kappa shape index (κ3) is 10.9. The number of phenolic OH excluding ortho intramolecular Hbond substituents is 1. The third-order valence-electron chi connectivity index (χ3n) is 5.91. The van der Waals surface area contributed by atoms with Gasteiger partial charge in [-0.05, 0) is 37.5 Å². The first-order valence-corrected chi connectivity index (χ1v) is 12.6. The van der Waals surface area contributed by atoms with Crippen LogP contribution < -0.4 is 32.7 Å². The van der Waals surface area contributed by atoms with Gasteiger partial charge in [-0.2, -0.15) is 0 Å². The molecule has 40 heavy (non-hydrogen) atoms. The Morgan fingerprint density at radius 2 is 1.30 bits per heavy atom. The summed E-state index contributed by atoms with van der Waals surface area (Å²) in [7, 11) is 0. The molecule has 222 valence electrons. The van der Waals surface area contributed by atoms with Crippen LogP contribution in [0.15, 0.2) is 24.3 Å². The number of aliphatic carboxylic acids is 1. The molecule has 11 N–H and O–H groups in total. The molecule has 0 aliphatic carbocycles. The van der Waals surface area contributed by atoms with Crippen LogP contribution in [0.4, 0.5) is 0 Å². The number of phenols is 1. The lowest BCUT2D eigenvalue weighted by Gasteiger charge is -2.26. The van der Waals surface area contributed by atoms with Gasteiger partial charge in [0.25, 0.3) is 0 Å². The van der Waals surface area contributed by atoms with Crippen LogP contribution in [0.25, 0.3) is 0 Å². The second kappa shape index (κ2) is 16.0. The Hall–Kier alpha value is -4.24. The van der Waals surface area contributed by atoms with Crippen LogP contribution in [0.3, 0.4) is 0 Å². The number of amides is 5. The van der Waals surface area contributed by atoms with E-state index in [2.05, 4.69) is 21.3 Å². The van der Waals surface area contributed by atoms with Gasteiger partial charge in [-0.15, -0.1) is 0 Å². The molecule has 1 aromatic carbocycles. The number of benzene rings is 1. The fourth-order valence-corrected chi connectivity index (χ4v) is 3.49. The summed E-state index contributed by atoms with van der Waals surface area (Å²) in [6.07, 6.45) is -1.88. The van der Waals surface area contributed by atoms with Crippen molar-refractivity contribution in [1.82, 2.24) is 21.3 Å². The van der Waals surface area contributed by atoms with Crippen LogP contribution in [0.5, 0.6) is 5.75 Å². The molecule has 0 fully saturated rings. The van der Waals surface area contributed by atoms with Crippen molar-refractivity contribution < 1.29 is 44.1 Å². The minimum absolute atomic E-state index is 0.0597. The fourth-order valence-electron chi connectivity index (χ4n) is 3.49. The zero-order chi connectivity index (χ0) is 30.6. The Bertz CT molecular complexity index is 1060. The molecule has 5 amide bonds. The number of aliphatic hydroxyl groups is 1. The number of nitrogens with two attached hydrogens (primary N) is 2. The van der Waals surface area contributed by atoms with Gasteiger partial charge in [0.2, 0.25) is 29.5 Å². The number of rotatable bonds is 16. The number of carboxylic acids is 1. The van der Waals surface area contributed by atoms with Crippen LogP contribution in [0, 0.1) is 0 Å². The fraction of sp³-hybridized carbons (Fsp3) is 0.520. The van der Waals surface area contributed by atoms with Gasteiger partial charge in [-0.25, -0.2) is 4.79 Å². The van der Waals surface area contributed by atoms with Gasteiger partial charge in [0.1, 0.15) is 23.9 Å². The second-order valence-electron chi connectivity index (χ2n) is 9.21. The molecule has 0 aliphatic heterocycles. The largest absolute Gasteiger partial charge is 0.508 e. The van der Waals surface area contributed by atoms with Crippen molar-refractivity contribution in [2.75, 3.05) is 0 Å². The highest BCUT2D eigenvalue weighted by Gasteiger charge is 2.33. The maximum absolute atomic E-state index is 13.2. The molecule has 0 unspecified atom stereocenters. The van der Waals surface area contributed by atoms with E-state index in [1.54, 1.807) is 13.8 Å². The van der Waals surface area contributed by atoms with E-state index in [0.29, 0.717) is 12.0 Å². The van der Waals surface area contributed by atoms with Crippen LogP contribution in [0.1, 0.15) is 45.6 Å². The standard InChI is InChI=1S/C25H38N6O9/c1-4-15(26)21(35)28-16(5-2)22(36)30-18(11-19(27)34)23(37)29-17(10-13-6-8-14(33)9-7-13)24(38)31-20(12(3)32)25(39)40/h6-9,12,15-18,20,32-33H,4-5,10-11,26H2,1-3H3,(H2,27,34)(H,28,35)(H,29,37)(H,30,36)(H,31,38)(H,39,40)/t12-,15+,16+,17+,18+,20+/m1/s1. The van der Waals surface area contributed by atoms with E-state index in [9.17, 15) is 44.1 Å². The summed E-state index contributed by atoms with van der Waals surface area (Å²) in [6.45, 7) is 4.44. The lowest BCUT2D eigenvalue weighted by atomic mass is 10.0. The molecule has 0 saturated heterocycles. The smallest absolute Gasteiger partial charge is 0.328 e. The zero-order valence-corrected chi connectivity index (χ0v) is 22.5. The Kier molecular flexibility index (Phi) is 13.5. The first kappa shape index (κ1) is 33.8. The SMILES string of the molecule is CC[C@H](NC(=O)[C@@H](N)CC)C(=O)N[C@@H](CC(N)=O)C(=O)N[C@@H](Cc1ccc(O)cc1)C(=O)N[C@H](C(=O)O)[C@@H](C)O. The zero-order valence-electron chi connectivity index (χ0n) is 22.5. The first-order valence-electron chi connectivity index (χ1n) is 12.6. The second-order valence-corrected chi connectivity index (χ2v) is 9.21. The van der Waals surface area contributed by atoms with Gasteiger partial charge in [-0.3, -0.25) is 24.0 Å². The molecule has 15 heteroatoms. The van der Waals surface area contributed by atoms with Crippen LogP contribution in [-0.2, 0) is 35.2 Å². The molecule has 15 nitrogen and oxygen atoms in total. The third-order valence-corrected chi connectivity index (χ3v) is 5.91. The van der Waals surface area contributed by atoms with E-state index in [0.717, 1.165) is 6.92 Å². The summed E-state index contributed by atoms with van der Waals surface area (Å²) in [4.78, 5) is 74.4. The highest BCUT2D eigenvalue weighted by molar-refractivity contribution is 5.97. The van der Waals surface area contributed by atoms with E-state index >= 15 is 0 Å². The molecule has 0 aromatic heterocycles. The number of nitrogens with one attached hydrogen (secondary N) is 4. The Morgan fingerprint density at radius 3 is 1.77 bits per heavy atom. The predicted octanol–water partition coefficient (Wildman–Crippen LogP) is -2.64. The van der Waals surface area contributed by atoms with Crippen LogP contribution >= 0.6 is 0 Å². The van der Waals surface area contributed by atoms with E-state index in [4.69, 9.17) is 11.5 Å². The topological polar surface area (TPSA) is 263 Å². The summed E-state index contributed by atoms with van der Waals surface area (Å²) in [5.41, 5.74) is 11.4. The van der Waals surface area contributed by atoms with Crippen molar-refractivity contribution in [2.24, 2.45) is 11.5 Å². The van der Waals surface area contributed by atoms with Gasteiger partial charge < -0.3 is 48.1 Å². The van der Waals surface area contributed by atoms with Crippen molar-refractivity contribution in [1.29, 1.82) is 0 Å². The van der Waals surface area contributed by atoms with Crippen molar-refractivity contribution in [3.8, 4) is 5.75 Å². The van der Waals surface area contributed by atoms with Crippen LogP contribution in [0.2, 0.25) is 0 Å². The molecule has 0 aliphatic rings. The molecule has 0 bridgehead atoms. The number of primary amides is 1. The lowest BCUT2D eigenvalue weighted by Crippen LogP contribution is -2.60. The number of hydrogen-bond acceptors (Lipinski definition) is 9. The number of hydrogen-bond donors (Lipinski definition) is 9. The average molecular weight is 567 g/mol. The van der Waals surface area contributed by atoms with Gasteiger partial charge in [0.05, 0.1) is 18.6 Å². The Morgan fingerprint density at radius 1 is 0.800 bits per heavy atom. The molecular weight excluding hydrogens is 528 g/mol. The molecular formula is C25H38N6O9. The Balaban J connectivity index is 3.20. The maximum Gasteiger partial charge on any atom is 0.328 e. The molecule has 1 aromatic rings. The normalized spacial score (nSPS) is 15.3. The molecule has 0 saturated carbocycles. The van der Waals surface area contributed by atoms with Gasteiger partial charge in [-0.1, -0.05) is 26.0 Å². The summed E-state index contributed by atoms with van der Waals surface area (Å²) in [6, 6.07) is -1.05. The lowest BCUT2D eigenvalue weighted by molar-refractivity contribution is -0.145. The van der Waals surface area contributed by atoms with E-state index in [1.165, 1.54) is 24.3 Å². The number of aromatic hydroxyl groups is 1. The minimum atomic E-state index is -1.70. The first-order chi connectivity index (χ1) is 18.7. The Labute approximate surface area is 231 Å². The highest BCUT2D eigenvalue weighted by Crippen LogP contribution is 2.12. The number of aliphatic hydroxyl groups excluding tert-OH is 1. The number of carbonyl (C=O) groups excluding carboxylic acids is 5. The van der Waals surface area contributed by atoms with E-state index in [-0.39, 0.29) is 18.6 Å². The van der Waals surface area contributed by atoms with E-state index < -0.39 is 78.2 Å². The van der Waals surface area contributed by atoms with E-state index in [1.807, 2.05) is 0 Å². The van der Waals surface area contributed by atoms with Gasteiger partial charge >= 0.3 is 5.97 Å². The summed E-state index contributed by atoms with van der Waals surface area (Å²) >= 11 is 0.